The van der Waals surface area contributed by atoms with Crippen molar-refractivity contribution in [2.75, 3.05) is 42.3 Å². The molecule has 0 aliphatic rings. The number of nitrogens with zero attached hydrogens (tertiary/aromatic N) is 3. The molecule has 4 nitrogen and oxygen atoms in total. The second kappa shape index (κ2) is 5.55. The van der Waals surface area contributed by atoms with Crippen LogP contribution in [0.4, 0.5) is 0 Å². The molecule has 0 heterocycles. The van der Waals surface area contributed by atoms with E-state index in [9.17, 15) is 4.57 Å². The molecule has 0 aromatic rings. The van der Waals surface area contributed by atoms with Crippen molar-refractivity contribution in [3.8, 4) is 0 Å². The summed E-state index contributed by atoms with van der Waals surface area (Å²) in [6, 6.07) is 0. The zero-order valence-corrected chi connectivity index (χ0v) is 11.6. The predicted octanol–water partition coefficient (Wildman–Crippen LogP) is 0.777. The standard InChI is InChI=1S/C6H18N3OP.Au/c1-7(2)11(10,8(3)4)9(5)6;/h1-6H3;. The average Bonchev–Trinajstić information content (AvgIpc) is 1.84. The third kappa shape index (κ3) is 2.96. The zero-order valence-electron chi connectivity index (χ0n) is 8.50. The summed E-state index contributed by atoms with van der Waals surface area (Å²) in [5.41, 5.74) is 0. The van der Waals surface area contributed by atoms with Crippen molar-refractivity contribution in [3.63, 3.8) is 0 Å². The third-order valence-electron chi connectivity index (χ3n) is 1.56. The van der Waals surface area contributed by atoms with Crippen molar-refractivity contribution in [2.45, 2.75) is 0 Å². The first-order valence-electron chi connectivity index (χ1n) is 3.47. The molecule has 0 rings (SSSR count). The monoisotopic (exact) mass is 376 g/mol. The van der Waals surface area contributed by atoms with Crippen molar-refractivity contribution < 1.29 is 26.9 Å². The second-order valence-electron chi connectivity index (χ2n) is 3.05. The normalized spacial score (nSPS) is 12.4. The molecule has 79 valence electrons. The summed E-state index contributed by atoms with van der Waals surface area (Å²) in [7, 11) is 8.49. The molecule has 0 aromatic carbocycles. The van der Waals surface area contributed by atoms with Gasteiger partial charge in [0.25, 0.3) is 7.59 Å². The van der Waals surface area contributed by atoms with Gasteiger partial charge in [0.2, 0.25) is 0 Å². The van der Waals surface area contributed by atoms with E-state index >= 15 is 0 Å². The molecule has 0 N–H and O–H groups in total. The Morgan fingerprint density at radius 2 is 0.917 bits per heavy atom. The first-order valence-corrected chi connectivity index (χ1v) is 5.03. The molecule has 0 aromatic heterocycles. The molecular weight excluding hydrogens is 358 g/mol. The fraction of sp³-hybridized carbons (Fsp3) is 1.00. The Hall–Kier alpha value is 0.850. The molecule has 0 atom stereocenters. The van der Waals surface area contributed by atoms with E-state index in [2.05, 4.69) is 0 Å². The van der Waals surface area contributed by atoms with E-state index in [4.69, 9.17) is 0 Å². The molecule has 12 heavy (non-hydrogen) atoms. The van der Waals surface area contributed by atoms with E-state index in [-0.39, 0.29) is 22.4 Å². The van der Waals surface area contributed by atoms with Crippen LogP contribution < -0.4 is 0 Å². The predicted molar refractivity (Wildman–Crippen MR) is 48.7 cm³/mol. The van der Waals surface area contributed by atoms with Gasteiger partial charge in [-0.25, -0.2) is 14.0 Å². The Morgan fingerprint density at radius 1 is 0.750 bits per heavy atom. The van der Waals surface area contributed by atoms with Gasteiger partial charge in [-0.1, -0.05) is 0 Å². The van der Waals surface area contributed by atoms with Crippen LogP contribution in [0, 0.1) is 0 Å². The van der Waals surface area contributed by atoms with E-state index in [1.807, 2.05) is 42.3 Å². The summed E-state index contributed by atoms with van der Waals surface area (Å²) in [5, 5.41) is 0. The minimum absolute atomic E-state index is 0. The first kappa shape index (κ1) is 15.3. The fourth-order valence-electron chi connectivity index (χ4n) is 1.07. The quantitative estimate of drug-likeness (QED) is 0.538. The van der Waals surface area contributed by atoms with Gasteiger partial charge in [-0.2, -0.15) is 0 Å². The van der Waals surface area contributed by atoms with E-state index < -0.39 is 7.59 Å². The van der Waals surface area contributed by atoms with E-state index in [0.717, 1.165) is 0 Å². The van der Waals surface area contributed by atoms with Crippen LogP contribution in [0.3, 0.4) is 0 Å². The SMILES string of the molecule is CN(C)P(=O)(N(C)C)N(C)C.[Au]. The van der Waals surface area contributed by atoms with Gasteiger partial charge in [0.15, 0.2) is 0 Å². The maximum atomic E-state index is 12.1. The number of hydrogen-bond donors (Lipinski definition) is 0. The van der Waals surface area contributed by atoms with Crippen LogP contribution >= 0.6 is 7.59 Å². The molecule has 0 bridgehead atoms. The summed E-state index contributed by atoms with van der Waals surface area (Å²) in [6.07, 6.45) is 0. The molecule has 0 amide bonds. The van der Waals surface area contributed by atoms with Gasteiger partial charge >= 0.3 is 0 Å². The maximum Gasteiger partial charge on any atom is 0.285 e. The smallest absolute Gasteiger partial charge is 0.270 e. The van der Waals surface area contributed by atoms with Crippen LogP contribution in [0.15, 0.2) is 0 Å². The van der Waals surface area contributed by atoms with Crippen molar-refractivity contribution >= 4 is 7.59 Å². The summed E-state index contributed by atoms with van der Waals surface area (Å²) < 4.78 is 17.3. The van der Waals surface area contributed by atoms with Crippen LogP contribution in [0.1, 0.15) is 0 Å². The summed E-state index contributed by atoms with van der Waals surface area (Å²) in [6.45, 7) is 0. The summed E-state index contributed by atoms with van der Waals surface area (Å²) in [5.74, 6) is 0. The van der Waals surface area contributed by atoms with Gasteiger partial charge in [-0.3, -0.25) is 4.57 Å². The minimum atomic E-state index is -2.44. The number of rotatable bonds is 3. The van der Waals surface area contributed by atoms with Gasteiger partial charge < -0.3 is 0 Å². The van der Waals surface area contributed by atoms with E-state index in [1.54, 1.807) is 14.0 Å². The van der Waals surface area contributed by atoms with Gasteiger partial charge in [0.1, 0.15) is 0 Å². The third-order valence-corrected chi connectivity index (χ3v) is 4.69. The molecule has 0 aliphatic heterocycles. The Labute approximate surface area is 90.9 Å². The molecule has 0 saturated heterocycles. The van der Waals surface area contributed by atoms with Crippen LogP contribution in [-0.2, 0) is 26.9 Å². The Bertz CT molecular complexity index is 144. The van der Waals surface area contributed by atoms with E-state index in [1.165, 1.54) is 0 Å². The van der Waals surface area contributed by atoms with Crippen molar-refractivity contribution in [1.82, 2.24) is 14.0 Å². The Balaban J connectivity index is 0. The molecule has 0 aliphatic carbocycles. The molecule has 0 fully saturated rings. The minimum Gasteiger partial charge on any atom is -0.270 e. The Morgan fingerprint density at radius 3 is 0.917 bits per heavy atom. The molecule has 6 heteroatoms. The topological polar surface area (TPSA) is 26.8 Å². The fourth-order valence-corrected chi connectivity index (χ4v) is 3.22. The van der Waals surface area contributed by atoms with Gasteiger partial charge in [0.05, 0.1) is 0 Å². The van der Waals surface area contributed by atoms with Crippen LogP contribution in [-0.4, -0.2) is 56.3 Å². The number of hydrogen-bond acceptors (Lipinski definition) is 1. The average molecular weight is 376 g/mol. The summed E-state index contributed by atoms with van der Waals surface area (Å²) >= 11 is 0. The van der Waals surface area contributed by atoms with Crippen molar-refractivity contribution in [2.24, 2.45) is 0 Å². The molecule has 0 spiro atoms. The first-order chi connectivity index (χ1) is 4.83. The summed E-state index contributed by atoms with van der Waals surface area (Å²) in [4.78, 5) is 0. The van der Waals surface area contributed by atoms with Crippen LogP contribution in [0.2, 0.25) is 0 Å². The van der Waals surface area contributed by atoms with Crippen molar-refractivity contribution in [3.05, 3.63) is 0 Å². The molecule has 1 radical (unpaired) electrons. The van der Waals surface area contributed by atoms with Crippen molar-refractivity contribution in [1.29, 1.82) is 0 Å². The second-order valence-corrected chi connectivity index (χ2v) is 6.48. The maximum absolute atomic E-state index is 12.1. The molecular formula is C6H18AuN3OP. The molecule has 0 saturated carbocycles. The largest absolute Gasteiger partial charge is 0.285 e. The van der Waals surface area contributed by atoms with Gasteiger partial charge in [0, 0.05) is 22.4 Å². The van der Waals surface area contributed by atoms with Crippen LogP contribution in [0.25, 0.3) is 0 Å². The molecule has 0 unspecified atom stereocenters. The van der Waals surface area contributed by atoms with Gasteiger partial charge in [-0.05, 0) is 42.3 Å². The van der Waals surface area contributed by atoms with Crippen LogP contribution in [0.5, 0.6) is 0 Å². The van der Waals surface area contributed by atoms with Gasteiger partial charge in [-0.15, -0.1) is 0 Å². The Kier molecular flexibility index (Phi) is 7.09. The zero-order chi connectivity index (χ0) is 9.23. The van der Waals surface area contributed by atoms with E-state index in [0.29, 0.717) is 0 Å².